The van der Waals surface area contributed by atoms with Crippen molar-refractivity contribution in [2.24, 2.45) is 10.9 Å². The first kappa shape index (κ1) is 14.5. The molecule has 2 rings (SSSR count). The fourth-order valence-corrected chi connectivity index (χ4v) is 2.27. The van der Waals surface area contributed by atoms with Gasteiger partial charge in [0.15, 0.2) is 5.84 Å². The van der Waals surface area contributed by atoms with Gasteiger partial charge < -0.3 is 10.9 Å². The first-order chi connectivity index (χ1) is 9.51. The lowest BCUT2D eigenvalue weighted by atomic mass is 10.2. The number of nitrogens with two attached hydrogens (primary N) is 1. The third-order valence-corrected chi connectivity index (χ3v) is 3.58. The first-order valence-corrected chi connectivity index (χ1v) is 6.47. The molecule has 104 valence electrons. The normalized spacial score (nSPS) is 11.7. The Hall–Kier alpha value is -1.86. The zero-order valence-electron chi connectivity index (χ0n) is 9.85. The van der Waals surface area contributed by atoms with Crippen molar-refractivity contribution < 1.29 is 14.0 Å². The minimum atomic E-state index is -0.826. The van der Waals surface area contributed by atoms with Crippen LogP contribution in [0.5, 0.6) is 0 Å². The highest BCUT2D eigenvalue weighted by Gasteiger charge is 2.15. The summed E-state index contributed by atoms with van der Waals surface area (Å²) in [7, 11) is 0. The van der Waals surface area contributed by atoms with Crippen molar-refractivity contribution in [1.29, 1.82) is 0 Å². The summed E-state index contributed by atoms with van der Waals surface area (Å²) in [6.45, 7) is 0. The van der Waals surface area contributed by atoms with Gasteiger partial charge in [0.05, 0.1) is 9.92 Å². The first-order valence-electron chi connectivity index (χ1n) is 5.27. The number of amidine groups is 1. The number of pyridine rings is 1. The molecule has 0 aliphatic carbocycles. The van der Waals surface area contributed by atoms with E-state index in [1.54, 1.807) is 12.1 Å². The summed E-state index contributed by atoms with van der Waals surface area (Å²) in [5.74, 6) is -2.02. The molecule has 0 fully saturated rings. The molecule has 0 radical (unpaired) electrons. The van der Waals surface area contributed by atoms with E-state index in [2.05, 4.69) is 10.1 Å². The Morgan fingerprint density at radius 1 is 1.30 bits per heavy atom. The molecule has 4 nitrogen and oxygen atoms in total. The lowest BCUT2D eigenvalue weighted by Crippen LogP contribution is -2.14. The van der Waals surface area contributed by atoms with Crippen molar-refractivity contribution in [3.63, 3.8) is 0 Å². The van der Waals surface area contributed by atoms with Gasteiger partial charge in [-0.2, -0.15) is 0 Å². The van der Waals surface area contributed by atoms with Crippen LogP contribution in [0.25, 0.3) is 0 Å². The van der Waals surface area contributed by atoms with Crippen LogP contribution >= 0.6 is 23.4 Å². The van der Waals surface area contributed by atoms with Gasteiger partial charge in [-0.05, 0) is 24.3 Å². The largest absolute Gasteiger partial charge is 0.409 e. The third kappa shape index (κ3) is 3.17. The molecule has 20 heavy (non-hydrogen) atoms. The maximum Gasteiger partial charge on any atom is 0.170 e. The molecular weight excluding hydrogens is 308 g/mol. The molecule has 1 aromatic carbocycles. The van der Waals surface area contributed by atoms with Gasteiger partial charge in [-0.25, -0.2) is 13.8 Å². The summed E-state index contributed by atoms with van der Waals surface area (Å²) in [5, 5.41) is 12.0. The Labute approximate surface area is 122 Å². The van der Waals surface area contributed by atoms with Crippen LogP contribution in [0.2, 0.25) is 5.02 Å². The molecular formula is C12H8ClF2N3OS. The van der Waals surface area contributed by atoms with Gasteiger partial charge in [0.2, 0.25) is 0 Å². The molecule has 0 saturated carbocycles. The number of halogens is 3. The van der Waals surface area contributed by atoms with Gasteiger partial charge in [-0.3, -0.25) is 0 Å². The van der Waals surface area contributed by atoms with Gasteiger partial charge in [-0.15, -0.1) is 0 Å². The number of oxime groups is 1. The highest BCUT2D eigenvalue weighted by Crippen LogP contribution is 2.31. The van der Waals surface area contributed by atoms with E-state index in [0.29, 0.717) is 10.0 Å². The summed E-state index contributed by atoms with van der Waals surface area (Å²) in [6.07, 6.45) is 1.38. The van der Waals surface area contributed by atoms with E-state index in [1.807, 2.05) is 0 Å². The number of aromatic nitrogens is 1. The Balaban J connectivity index is 2.35. The summed E-state index contributed by atoms with van der Waals surface area (Å²) in [6, 6.07) is 5.08. The van der Waals surface area contributed by atoms with Gasteiger partial charge in [0.25, 0.3) is 0 Å². The minimum Gasteiger partial charge on any atom is -0.409 e. The number of hydrogen-bond donors (Lipinski definition) is 2. The predicted octanol–water partition coefficient (Wildman–Crippen LogP) is 3.26. The molecule has 0 aliphatic heterocycles. The van der Waals surface area contributed by atoms with Crippen LogP contribution in [0, 0.1) is 11.6 Å². The molecule has 1 heterocycles. The van der Waals surface area contributed by atoms with Crippen LogP contribution in [0.15, 0.2) is 45.5 Å². The Kier molecular flexibility index (Phi) is 4.41. The number of nitrogens with zero attached hydrogens (tertiary/aromatic N) is 2. The number of benzene rings is 1. The van der Waals surface area contributed by atoms with Gasteiger partial charge in [-0.1, -0.05) is 28.5 Å². The van der Waals surface area contributed by atoms with Crippen molar-refractivity contribution in [3.05, 3.63) is 52.7 Å². The van der Waals surface area contributed by atoms with Crippen molar-refractivity contribution in [3.8, 4) is 0 Å². The van der Waals surface area contributed by atoms with Crippen molar-refractivity contribution >= 4 is 29.2 Å². The zero-order valence-corrected chi connectivity index (χ0v) is 11.4. The number of rotatable bonds is 3. The van der Waals surface area contributed by atoms with Gasteiger partial charge >= 0.3 is 0 Å². The maximum absolute atomic E-state index is 13.9. The Morgan fingerprint density at radius 3 is 2.45 bits per heavy atom. The lowest BCUT2D eigenvalue weighted by molar-refractivity contribution is 0.318. The fourth-order valence-electron chi connectivity index (χ4n) is 1.39. The third-order valence-electron chi connectivity index (χ3n) is 2.31. The lowest BCUT2D eigenvalue weighted by Gasteiger charge is -2.06. The molecule has 8 heteroatoms. The number of hydrogen-bond acceptors (Lipinski definition) is 4. The topological polar surface area (TPSA) is 71.5 Å². The van der Waals surface area contributed by atoms with Gasteiger partial charge in [0, 0.05) is 11.8 Å². The minimum absolute atomic E-state index is 0.0454. The maximum atomic E-state index is 13.9. The summed E-state index contributed by atoms with van der Waals surface area (Å²) in [4.78, 5) is 3.71. The molecule has 3 N–H and O–H groups in total. The quantitative estimate of drug-likeness (QED) is 0.395. The molecule has 0 bridgehead atoms. The van der Waals surface area contributed by atoms with E-state index < -0.39 is 11.6 Å². The predicted molar refractivity (Wildman–Crippen MR) is 72.2 cm³/mol. The van der Waals surface area contributed by atoms with E-state index in [0.717, 1.165) is 23.9 Å². The second-order valence-corrected chi connectivity index (χ2v) is 5.14. The SMILES string of the molecule is N/C(=N/O)c1cc(F)c(Sc2ccc(Cl)cn2)c(F)c1. The molecule has 0 saturated heterocycles. The smallest absolute Gasteiger partial charge is 0.170 e. The van der Waals surface area contributed by atoms with E-state index in [1.165, 1.54) is 6.20 Å². The molecule has 0 aliphatic rings. The van der Waals surface area contributed by atoms with Crippen LogP contribution in [0.4, 0.5) is 8.78 Å². The van der Waals surface area contributed by atoms with Crippen LogP contribution < -0.4 is 5.73 Å². The van der Waals surface area contributed by atoms with E-state index in [4.69, 9.17) is 22.5 Å². The van der Waals surface area contributed by atoms with Crippen LogP contribution in [-0.2, 0) is 0 Å². The summed E-state index contributed by atoms with van der Waals surface area (Å²) >= 11 is 6.49. The van der Waals surface area contributed by atoms with Crippen LogP contribution in [0.3, 0.4) is 0 Å². The molecule has 0 spiro atoms. The second kappa shape index (κ2) is 6.06. The molecule has 0 atom stereocenters. The van der Waals surface area contributed by atoms with Crippen molar-refractivity contribution in [2.75, 3.05) is 0 Å². The van der Waals surface area contributed by atoms with Crippen LogP contribution in [0.1, 0.15) is 5.56 Å². The molecule has 1 aromatic heterocycles. The summed E-state index contributed by atoms with van der Waals surface area (Å²) in [5.41, 5.74) is 5.24. The monoisotopic (exact) mass is 315 g/mol. The van der Waals surface area contributed by atoms with Crippen molar-refractivity contribution in [2.45, 2.75) is 9.92 Å². The molecule has 0 amide bonds. The fraction of sp³-hybridized carbons (Fsp3) is 0. The molecule has 0 unspecified atom stereocenters. The highest BCUT2D eigenvalue weighted by atomic mass is 35.5. The van der Waals surface area contributed by atoms with E-state index in [9.17, 15) is 8.78 Å². The van der Waals surface area contributed by atoms with E-state index >= 15 is 0 Å². The highest BCUT2D eigenvalue weighted by molar-refractivity contribution is 7.99. The summed E-state index contributed by atoms with van der Waals surface area (Å²) < 4.78 is 27.7. The standard InChI is InChI=1S/C12H8ClF2N3OS/c13-7-1-2-10(17-5-7)20-11-8(14)3-6(4-9(11)15)12(16)18-19/h1-5,19H,(H2,16,18). The van der Waals surface area contributed by atoms with E-state index in [-0.39, 0.29) is 16.3 Å². The second-order valence-electron chi connectivity index (χ2n) is 3.67. The zero-order chi connectivity index (χ0) is 14.7. The Bertz CT molecular complexity index is 641. The Morgan fingerprint density at radius 2 is 1.95 bits per heavy atom. The van der Waals surface area contributed by atoms with Crippen molar-refractivity contribution in [1.82, 2.24) is 4.98 Å². The average molecular weight is 316 g/mol. The van der Waals surface area contributed by atoms with Crippen LogP contribution in [-0.4, -0.2) is 16.0 Å². The molecule has 2 aromatic rings. The average Bonchev–Trinajstić information content (AvgIpc) is 2.43. The van der Waals surface area contributed by atoms with Gasteiger partial charge in [0.1, 0.15) is 16.7 Å².